The van der Waals surface area contributed by atoms with E-state index in [-0.39, 0.29) is 104 Å². The van der Waals surface area contributed by atoms with Gasteiger partial charge in [0.1, 0.15) is 0 Å². The Kier molecular flexibility index (Phi) is 55.3. The number of hydrogen-bond acceptors (Lipinski definition) is 0. The maximum atomic E-state index is 4.30. The van der Waals surface area contributed by atoms with E-state index in [9.17, 15) is 0 Å². The SMILES string of the molecule is C.C.C=P(C)(C)CP(=C)(C)CC[CH2-].C[PH](=[W])C[P]=[W].[V].[Y].[Y]. The van der Waals surface area contributed by atoms with Crippen LogP contribution in [0.5, 0.6) is 0 Å². The first-order chi connectivity index (χ1) is 7.54. The van der Waals surface area contributed by atoms with Gasteiger partial charge in [0.25, 0.3) is 0 Å². The molecule has 0 aromatic carbocycles. The summed E-state index contributed by atoms with van der Waals surface area (Å²) in [5, 5.41) is 0. The van der Waals surface area contributed by atoms with Crippen LogP contribution < -0.4 is 0 Å². The molecule has 0 saturated heterocycles. The van der Waals surface area contributed by atoms with Gasteiger partial charge in [-0.3, -0.25) is 0 Å². The molecule has 0 spiro atoms. The molecule has 0 aliphatic rings. The fraction of sp³-hybridized carbons (Fsp3) is 0.769. The molecule has 2 unspecified atom stereocenters. The summed E-state index contributed by atoms with van der Waals surface area (Å²) in [6.45, 7) is 11.4. The minimum atomic E-state index is -0.890. The number of rotatable bonds is 6. The van der Waals surface area contributed by atoms with Crippen LogP contribution in [0.1, 0.15) is 21.3 Å². The van der Waals surface area contributed by atoms with Crippen LogP contribution in [0, 0.1) is 6.92 Å². The fourth-order valence-electron chi connectivity index (χ4n) is 1.47. The van der Waals surface area contributed by atoms with Gasteiger partial charge in [-0.1, -0.05) is 21.0 Å². The third-order valence-electron chi connectivity index (χ3n) is 1.71. The molecule has 0 saturated carbocycles. The maximum Gasteiger partial charge on any atom is 0 e. The largest absolute Gasteiger partial charge is 0 e. The van der Waals surface area contributed by atoms with Gasteiger partial charge < -0.3 is 6.92 Å². The molecule has 0 rings (SSSR count). The summed E-state index contributed by atoms with van der Waals surface area (Å²) in [7, 11) is 0. The van der Waals surface area contributed by atoms with Crippen molar-refractivity contribution in [1.29, 1.82) is 0 Å². The Bertz CT molecular complexity index is 347. The summed E-state index contributed by atoms with van der Waals surface area (Å²) in [6.07, 6.45) is 12.5. The van der Waals surface area contributed by atoms with Gasteiger partial charge in [-0.2, -0.15) is 6.42 Å². The van der Waals surface area contributed by atoms with Crippen molar-refractivity contribution in [1.82, 2.24) is 0 Å². The molecule has 0 fully saturated rings. The molecule has 0 aromatic heterocycles. The van der Waals surface area contributed by atoms with Crippen molar-refractivity contribution < 1.29 is 122 Å². The van der Waals surface area contributed by atoms with Crippen molar-refractivity contribution in [2.24, 2.45) is 0 Å². The molecular weight excluding hydrogens is 876 g/mol. The monoisotopic (exact) mass is 912 g/mol. The number of hydrogen-bond donors (Lipinski definition) is 0. The van der Waals surface area contributed by atoms with E-state index in [4.69, 9.17) is 0 Å². The van der Waals surface area contributed by atoms with Crippen LogP contribution in [0.2, 0.25) is 0 Å². The normalized spacial score (nSPS) is 13.0. The van der Waals surface area contributed by atoms with Crippen LogP contribution >= 0.6 is 25.5 Å². The van der Waals surface area contributed by atoms with Gasteiger partial charge in [0.15, 0.2) is 0 Å². The molecule has 0 aromatic rings. The van der Waals surface area contributed by atoms with Gasteiger partial charge in [0, 0.05) is 84.0 Å². The molecule has 9 heteroatoms. The van der Waals surface area contributed by atoms with Crippen molar-refractivity contribution in [2.75, 3.05) is 44.6 Å². The van der Waals surface area contributed by atoms with E-state index < -0.39 is 13.8 Å². The second kappa shape index (κ2) is 26.5. The van der Waals surface area contributed by atoms with E-state index in [0.29, 0.717) is 0 Å². The fourth-order valence-corrected chi connectivity index (χ4v) is 30.7. The summed E-state index contributed by atoms with van der Waals surface area (Å²) in [5.41, 5.74) is 0.206. The van der Waals surface area contributed by atoms with Gasteiger partial charge in [-0.25, -0.2) is 0 Å². The van der Waals surface area contributed by atoms with E-state index in [2.05, 4.69) is 46.2 Å². The van der Waals surface area contributed by atoms with Crippen LogP contribution in [0.15, 0.2) is 0 Å². The predicted octanol–water partition coefficient (Wildman–Crippen LogP) is 5.88. The van der Waals surface area contributed by atoms with Crippen molar-refractivity contribution in [2.45, 2.75) is 21.3 Å². The maximum absolute atomic E-state index is 4.30. The Hall–Kier alpha value is 5.50. The second-order valence-electron chi connectivity index (χ2n) is 5.26. The first-order valence-corrected chi connectivity index (χ1v) is 22.8. The van der Waals surface area contributed by atoms with Crippen LogP contribution in [0.3, 0.4) is 0 Å². The first-order valence-electron chi connectivity index (χ1n) is 5.48. The van der Waals surface area contributed by atoms with Gasteiger partial charge in [0.05, 0.1) is 0 Å². The molecule has 0 nitrogen and oxygen atoms in total. The standard InChI is InChI=1S/C9H21P2.C2H6P2.2CH4.V.2W.2Y/c1-7-8-11(5,6)9-10(2,3)4;1-4-2-3;;;;;;;/h1-2,5,7-9H2,3-4,6H3;4H,2H2,1H3;2*1H4;;;;;/q-1;;;;;;;;. The quantitative estimate of drug-likeness (QED) is 0.231. The molecular formula is C13H35P4VW2Y2-. The van der Waals surface area contributed by atoms with Gasteiger partial charge in [0.2, 0.25) is 0 Å². The molecule has 131 valence electrons. The van der Waals surface area contributed by atoms with Crippen molar-refractivity contribution >= 4 is 38.1 Å². The Morgan fingerprint density at radius 3 is 1.64 bits per heavy atom. The smallest absolute Gasteiger partial charge is 0 e. The van der Waals surface area contributed by atoms with Crippen LogP contribution in [0.4, 0.5) is 0 Å². The second-order valence-corrected chi connectivity index (χ2v) is 27.2. The summed E-state index contributed by atoms with van der Waals surface area (Å²) in [5.74, 6) is 2.81. The Balaban J connectivity index is -0.0000000366. The molecule has 0 aliphatic carbocycles. The third-order valence-corrected chi connectivity index (χ3v) is 19.5. The minimum Gasteiger partial charge on any atom is 0 e. The van der Waals surface area contributed by atoms with E-state index in [1.54, 1.807) is 25.0 Å². The van der Waals surface area contributed by atoms with Gasteiger partial charge in [-0.15, -0.1) is 26.4 Å². The molecule has 0 N–H and O–H groups in total. The zero-order valence-electron chi connectivity index (χ0n) is 13.2. The summed E-state index contributed by atoms with van der Waals surface area (Å²) in [6, 6.07) is 0. The zero-order chi connectivity index (χ0) is 14.1. The van der Waals surface area contributed by atoms with Crippen molar-refractivity contribution in [3.05, 3.63) is 6.92 Å². The van der Waals surface area contributed by atoms with Crippen molar-refractivity contribution in [3.8, 4) is 0 Å². The minimum absolute atomic E-state index is 0. The molecule has 2 atom stereocenters. The zero-order valence-corrected chi connectivity index (χ0v) is 29.8. The van der Waals surface area contributed by atoms with Crippen LogP contribution in [-0.2, 0) is 122 Å². The molecule has 0 amide bonds. The topological polar surface area (TPSA) is 0 Å². The summed E-state index contributed by atoms with van der Waals surface area (Å²) >= 11 is 3.57. The Labute approximate surface area is 228 Å². The van der Waals surface area contributed by atoms with Crippen LogP contribution in [-0.4, -0.2) is 57.2 Å². The first kappa shape index (κ1) is 46.0. The summed E-state index contributed by atoms with van der Waals surface area (Å²) < 4.78 is 0. The van der Waals surface area contributed by atoms with E-state index in [1.165, 1.54) is 18.0 Å². The summed E-state index contributed by atoms with van der Waals surface area (Å²) in [4.78, 5) is 0. The third kappa shape index (κ3) is 44.7. The van der Waals surface area contributed by atoms with Gasteiger partial charge >= 0.3 is 62.0 Å². The van der Waals surface area contributed by atoms with E-state index >= 15 is 0 Å². The molecule has 3 radical (unpaired) electrons. The predicted molar refractivity (Wildman–Crippen MR) is 105 cm³/mol. The molecule has 0 heterocycles. The van der Waals surface area contributed by atoms with E-state index in [0.717, 1.165) is 6.42 Å². The van der Waals surface area contributed by atoms with Crippen LogP contribution in [0.25, 0.3) is 0 Å². The van der Waals surface area contributed by atoms with Gasteiger partial charge in [-0.05, 0) is 25.9 Å². The van der Waals surface area contributed by atoms with Crippen molar-refractivity contribution in [3.63, 3.8) is 0 Å². The average Bonchev–Trinajstić information content (AvgIpc) is 1.98. The molecule has 22 heavy (non-hydrogen) atoms. The van der Waals surface area contributed by atoms with E-state index in [1.807, 2.05) is 18.8 Å². The Morgan fingerprint density at radius 2 is 1.50 bits per heavy atom. The molecule has 0 bridgehead atoms. The molecule has 0 aliphatic heterocycles. The Morgan fingerprint density at radius 1 is 1.14 bits per heavy atom. The average molecular weight is 912 g/mol.